The minimum absolute atomic E-state index is 0.232. The second-order valence-corrected chi connectivity index (χ2v) is 3.97. The average molecular weight is 262 g/mol. The lowest BCUT2D eigenvalue weighted by atomic mass is 10.1. The van der Waals surface area contributed by atoms with Crippen molar-refractivity contribution in [3.63, 3.8) is 0 Å². The number of alkyl halides is 3. The van der Waals surface area contributed by atoms with E-state index >= 15 is 0 Å². The van der Waals surface area contributed by atoms with E-state index in [-0.39, 0.29) is 6.42 Å². The summed E-state index contributed by atoms with van der Waals surface area (Å²) in [6, 6.07) is 10.3. The maximum absolute atomic E-state index is 12.6. The minimum atomic E-state index is -4.36. The van der Waals surface area contributed by atoms with E-state index in [4.69, 9.17) is 5.26 Å². The second kappa shape index (κ2) is 5.11. The first-order valence-electron chi connectivity index (χ1n) is 5.50. The molecule has 0 saturated carbocycles. The Bertz CT molecular complexity index is 610. The lowest BCUT2D eigenvalue weighted by molar-refractivity contribution is -0.137. The van der Waals surface area contributed by atoms with Gasteiger partial charge >= 0.3 is 6.18 Å². The monoisotopic (exact) mass is 262 g/mol. The number of pyridine rings is 1. The molecule has 0 fully saturated rings. The molecule has 0 unspecified atom stereocenters. The standard InChI is InChI=1S/C14H9F3N2/c15-14(16,17)12-3-1-2-11(8-12)13-5-4-10(6-7-18)9-19-13/h1-5,8-9H,6H2. The Labute approximate surface area is 108 Å². The number of nitrogens with zero attached hydrogens (tertiary/aromatic N) is 2. The van der Waals surface area contributed by atoms with Crippen molar-refractivity contribution in [2.75, 3.05) is 0 Å². The molecule has 96 valence electrons. The predicted octanol–water partition coefficient (Wildman–Crippen LogP) is 3.83. The van der Waals surface area contributed by atoms with E-state index in [1.54, 1.807) is 18.2 Å². The van der Waals surface area contributed by atoms with Crippen molar-refractivity contribution in [2.45, 2.75) is 12.6 Å². The highest BCUT2D eigenvalue weighted by Gasteiger charge is 2.30. The first-order chi connectivity index (χ1) is 9.00. The van der Waals surface area contributed by atoms with Crippen LogP contribution in [0.3, 0.4) is 0 Å². The van der Waals surface area contributed by atoms with Gasteiger partial charge in [0, 0.05) is 11.8 Å². The van der Waals surface area contributed by atoms with Gasteiger partial charge in [-0.2, -0.15) is 18.4 Å². The molecule has 0 saturated heterocycles. The lowest BCUT2D eigenvalue weighted by Gasteiger charge is -2.08. The van der Waals surface area contributed by atoms with E-state index < -0.39 is 11.7 Å². The fourth-order valence-corrected chi connectivity index (χ4v) is 1.65. The molecule has 0 spiro atoms. The van der Waals surface area contributed by atoms with E-state index in [0.29, 0.717) is 11.3 Å². The third-order valence-electron chi connectivity index (χ3n) is 2.59. The highest BCUT2D eigenvalue weighted by Crippen LogP contribution is 2.31. The van der Waals surface area contributed by atoms with E-state index in [1.807, 2.05) is 6.07 Å². The van der Waals surface area contributed by atoms with Crippen molar-refractivity contribution in [1.82, 2.24) is 4.98 Å². The van der Waals surface area contributed by atoms with Crippen LogP contribution in [0.4, 0.5) is 13.2 Å². The smallest absolute Gasteiger partial charge is 0.256 e. The van der Waals surface area contributed by atoms with Crippen LogP contribution in [0, 0.1) is 11.3 Å². The molecule has 0 aliphatic heterocycles. The van der Waals surface area contributed by atoms with Crippen LogP contribution in [0.25, 0.3) is 11.3 Å². The largest absolute Gasteiger partial charge is 0.416 e. The van der Waals surface area contributed by atoms with Gasteiger partial charge in [0.2, 0.25) is 0 Å². The summed E-state index contributed by atoms with van der Waals surface area (Å²) in [7, 11) is 0. The van der Waals surface area contributed by atoms with Gasteiger partial charge in [-0.1, -0.05) is 18.2 Å². The Kier molecular flexibility index (Phi) is 3.52. The molecule has 5 heteroatoms. The first-order valence-corrected chi connectivity index (χ1v) is 5.50. The molecule has 1 aromatic heterocycles. The number of hydrogen-bond acceptors (Lipinski definition) is 2. The summed E-state index contributed by atoms with van der Waals surface area (Å²) in [6.07, 6.45) is -2.63. The molecule has 2 nitrogen and oxygen atoms in total. The van der Waals surface area contributed by atoms with E-state index in [2.05, 4.69) is 4.98 Å². The quantitative estimate of drug-likeness (QED) is 0.824. The lowest BCUT2D eigenvalue weighted by Crippen LogP contribution is -2.04. The van der Waals surface area contributed by atoms with E-state index in [1.165, 1.54) is 12.3 Å². The van der Waals surface area contributed by atoms with Crippen molar-refractivity contribution < 1.29 is 13.2 Å². The van der Waals surface area contributed by atoms with Crippen LogP contribution >= 0.6 is 0 Å². The molecule has 0 N–H and O–H groups in total. The van der Waals surface area contributed by atoms with Crippen LogP contribution in [0.1, 0.15) is 11.1 Å². The number of rotatable bonds is 2. The molecule has 1 aromatic carbocycles. The highest BCUT2D eigenvalue weighted by molar-refractivity contribution is 5.60. The van der Waals surface area contributed by atoms with Gasteiger partial charge in [-0.3, -0.25) is 4.98 Å². The Hall–Kier alpha value is -2.35. The number of halogens is 3. The van der Waals surface area contributed by atoms with Gasteiger partial charge in [-0.25, -0.2) is 0 Å². The van der Waals surface area contributed by atoms with Crippen LogP contribution in [0.2, 0.25) is 0 Å². The van der Waals surface area contributed by atoms with Gasteiger partial charge in [-0.05, 0) is 23.8 Å². The summed E-state index contributed by atoms with van der Waals surface area (Å²) >= 11 is 0. The summed E-state index contributed by atoms with van der Waals surface area (Å²) in [5, 5.41) is 8.53. The maximum atomic E-state index is 12.6. The Morgan fingerprint density at radius 2 is 1.95 bits per heavy atom. The topological polar surface area (TPSA) is 36.7 Å². The number of benzene rings is 1. The van der Waals surface area contributed by atoms with Crippen molar-refractivity contribution in [3.05, 3.63) is 53.7 Å². The van der Waals surface area contributed by atoms with Crippen LogP contribution in [-0.2, 0) is 12.6 Å². The van der Waals surface area contributed by atoms with E-state index in [9.17, 15) is 13.2 Å². The van der Waals surface area contributed by atoms with Crippen LogP contribution in [-0.4, -0.2) is 4.98 Å². The third-order valence-corrected chi connectivity index (χ3v) is 2.59. The molecule has 19 heavy (non-hydrogen) atoms. The summed E-state index contributed by atoms with van der Waals surface area (Å²) in [5.74, 6) is 0. The maximum Gasteiger partial charge on any atom is 0.416 e. The third kappa shape index (κ3) is 3.10. The Balaban J connectivity index is 2.34. The molecule has 0 radical (unpaired) electrons. The minimum Gasteiger partial charge on any atom is -0.256 e. The van der Waals surface area contributed by atoms with Crippen LogP contribution in [0.5, 0.6) is 0 Å². The molecule has 0 atom stereocenters. The normalized spacial score (nSPS) is 11.1. The van der Waals surface area contributed by atoms with Crippen LogP contribution < -0.4 is 0 Å². The molecular formula is C14H9F3N2. The fourth-order valence-electron chi connectivity index (χ4n) is 1.65. The van der Waals surface area contributed by atoms with Crippen molar-refractivity contribution in [2.24, 2.45) is 0 Å². The molecule has 0 amide bonds. The predicted molar refractivity (Wildman–Crippen MR) is 64.0 cm³/mol. The van der Waals surface area contributed by atoms with Crippen molar-refractivity contribution >= 4 is 0 Å². The summed E-state index contributed by atoms with van der Waals surface area (Å²) in [5.41, 5.74) is 0.886. The molecular weight excluding hydrogens is 253 g/mol. The van der Waals surface area contributed by atoms with E-state index in [0.717, 1.165) is 17.7 Å². The van der Waals surface area contributed by atoms with Gasteiger partial charge in [0.25, 0.3) is 0 Å². The summed E-state index contributed by atoms with van der Waals surface area (Å²) < 4.78 is 37.8. The fraction of sp³-hybridized carbons (Fsp3) is 0.143. The Morgan fingerprint density at radius 1 is 1.16 bits per heavy atom. The second-order valence-electron chi connectivity index (χ2n) is 3.97. The number of nitriles is 1. The first kappa shape index (κ1) is 13.1. The van der Waals surface area contributed by atoms with Crippen molar-refractivity contribution in [1.29, 1.82) is 5.26 Å². The molecule has 0 aliphatic carbocycles. The van der Waals surface area contributed by atoms with Gasteiger partial charge in [0.15, 0.2) is 0 Å². The molecule has 2 rings (SSSR count). The summed E-state index contributed by atoms with van der Waals surface area (Å²) in [6.45, 7) is 0. The number of hydrogen-bond donors (Lipinski definition) is 0. The van der Waals surface area contributed by atoms with Crippen molar-refractivity contribution in [3.8, 4) is 17.3 Å². The van der Waals surface area contributed by atoms with Gasteiger partial charge < -0.3 is 0 Å². The molecule has 0 aliphatic rings. The summed E-state index contributed by atoms with van der Waals surface area (Å²) in [4.78, 5) is 4.07. The molecule has 0 bridgehead atoms. The van der Waals surface area contributed by atoms with Gasteiger partial charge in [0.1, 0.15) is 0 Å². The SMILES string of the molecule is N#CCc1ccc(-c2cccc(C(F)(F)F)c2)nc1. The number of aromatic nitrogens is 1. The van der Waals surface area contributed by atoms with Crippen LogP contribution in [0.15, 0.2) is 42.6 Å². The highest BCUT2D eigenvalue weighted by atomic mass is 19.4. The van der Waals surface area contributed by atoms with Gasteiger partial charge in [-0.15, -0.1) is 0 Å². The molecule has 2 aromatic rings. The van der Waals surface area contributed by atoms with Gasteiger partial charge in [0.05, 0.1) is 23.7 Å². The Morgan fingerprint density at radius 3 is 2.53 bits per heavy atom. The zero-order chi connectivity index (χ0) is 13.9. The zero-order valence-electron chi connectivity index (χ0n) is 9.78. The molecule has 1 heterocycles. The average Bonchev–Trinajstić information content (AvgIpc) is 2.39. The zero-order valence-corrected chi connectivity index (χ0v) is 9.78.